The molecule has 0 aliphatic carbocycles. The Bertz CT molecular complexity index is 228. The van der Waals surface area contributed by atoms with E-state index in [1.54, 1.807) is 19.0 Å². The van der Waals surface area contributed by atoms with Crippen LogP contribution in [0.15, 0.2) is 0 Å². The van der Waals surface area contributed by atoms with Crippen molar-refractivity contribution in [2.24, 2.45) is 0 Å². The van der Waals surface area contributed by atoms with Crippen molar-refractivity contribution in [1.29, 1.82) is 0 Å². The topological polar surface area (TPSA) is 23.6 Å². The number of nitrogens with zero attached hydrogens (tertiary/aromatic N) is 2. The Morgan fingerprint density at radius 3 is 2.62 bits per heavy atom. The van der Waals surface area contributed by atoms with Crippen LogP contribution in [-0.2, 0) is 4.79 Å². The van der Waals surface area contributed by atoms with Crippen LogP contribution in [-0.4, -0.2) is 47.4 Å². The molecule has 0 N–H and O–H groups in total. The first kappa shape index (κ1) is 10.4. The summed E-state index contributed by atoms with van der Waals surface area (Å²) in [5.74, 6) is 0.168. The standard InChI is InChI=1S/C9H16N2OS/c1-7(13)11-6-4-5-8(11)9(12)10(2)3/h8H,4-6H2,1-3H3/t8-/m0/s1. The zero-order valence-electron chi connectivity index (χ0n) is 8.41. The maximum absolute atomic E-state index is 11.7. The normalized spacial score (nSPS) is 21.8. The van der Waals surface area contributed by atoms with Crippen molar-refractivity contribution in [3.63, 3.8) is 0 Å². The lowest BCUT2D eigenvalue weighted by atomic mass is 10.2. The average molecular weight is 200 g/mol. The summed E-state index contributed by atoms with van der Waals surface area (Å²) >= 11 is 5.09. The SMILES string of the molecule is CC(=S)N1CCC[C@H]1C(=O)N(C)C. The van der Waals surface area contributed by atoms with Gasteiger partial charge in [-0.25, -0.2) is 0 Å². The number of hydrogen-bond donors (Lipinski definition) is 0. The minimum atomic E-state index is -0.00694. The molecule has 1 amide bonds. The van der Waals surface area contributed by atoms with Gasteiger partial charge in [-0.15, -0.1) is 0 Å². The van der Waals surface area contributed by atoms with E-state index in [1.165, 1.54) is 0 Å². The molecule has 1 atom stereocenters. The van der Waals surface area contributed by atoms with Crippen molar-refractivity contribution in [2.45, 2.75) is 25.8 Å². The Labute approximate surface area is 84.7 Å². The zero-order chi connectivity index (χ0) is 10.0. The molecular formula is C9H16N2OS. The Kier molecular flexibility index (Phi) is 3.25. The lowest BCUT2D eigenvalue weighted by molar-refractivity contribution is -0.132. The molecule has 0 radical (unpaired) electrons. The van der Waals surface area contributed by atoms with Gasteiger partial charge in [0.15, 0.2) is 0 Å². The molecule has 0 spiro atoms. The number of hydrogen-bond acceptors (Lipinski definition) is 2. The summed E-state index contributed by atoms with van der Waals surface area (Å²) in [7, 11) is 3.58. The molecule has 0 aromatic heterocycles. The van der Waals surface area contributed by atoms with Gasteiger partial charge in [0, 0.05) is 20.6 Å². The van der Waals surface area contributed by atoms with Gasteiger partial charge in [-0.3, -0.25) is 4.79 Å². The van der Waals surface area contributed by atoms with Crippen LogP contribution in [0.3, 0.4) is 0 Å². The molecule has 0 aromatic carbocycles. The van der Waals surface area contributed by atoms with Gasteiger partial charge in [-0.2, -0.15) is 0 Å². The van der Waals surface area contributed by atoms with Crippen molar-refractivity contribution in [1.82, 2.24) is 9.80 Å². The number of likely N-dealkylation sites (N-methyl/N-ethyl adjacent to an activating group) is 1. The van der Waals surface area contributed by atoms with Crippen LogP contribution >= 0.6 is 12.2 Å². The van der Waals surface area contributed by atoms with E-state index in [9.17, 15) is 4.79 Å². The Balaban J connectivity index is 2.68. The number of amides is 1. The van der Waals surface area contributed by atoms with Gasteiger partial charge in [0.05, 0.1) is 4.99 Å². The maximum Gasteiger partial charge on any atom is 0.244 e. The van der Waals surface area contributed by atoms with Gasteiger partial charge in [0.25, 0.3) is 0 Å². The lowest BCUT2D eigenvalue weighted by Crippen LogP contribution is -2.44. The van der Waals surface area contributed by atoms with Gasteiger partial charge in [0.2, 0.25) is 5.91 Å². The van der Waals surface area contributed by atoms with Crippen LogP contribution in [0.1, 0.15) is 19.8 Å². The molecule has 3 nitrogen and oxygen atoms in total. The van der Waals surface area contributed by atoms with Crippen molar-refractivity contribution in [3.05, 3.63) is 0 Å². The fourth-order valence-corrected chi connectivity index (χ4v) is 1.92. The smallest absolute Gasteiger partial charge is 0.244 e. The van der Waals surface area contributed by atoms with Crippen LogP contribution in [0.25, 0.3) is 0 Å². The molecule has 1 rings (SSSR count). The third-order valence-corrected chi connectivity index (χ3v) is 2.62. The minimum absolute atomic E-state index is 0.00694. The van der Waals surface area contributed by atoms with Crippen LogP contribution in [0, 0.1) is 0 Å². The summed E-state index contributed by atoms with van der Waals surface area (Å²) in [5, 5.41) is 0. The molecule has 4 heteroatoms. The first-order valence-electron chi connectivity index (χ1n) is 4.52. The predicted molar refractivity (Wildman–Crippen MR) is 56.7 cm³/mol. The quantitative estimate of drug-likeness (QED) is 0.587. The third-order valence-electron chi connectivity index (χ3n) is 2.38. The van der Waals surface area contributed by atoms with Crippen LogP contribution in [0.2, 0.25) is 0 Å². The van der Waals surface area contributed by atoms with Crippen LogP contribution in [0.4, 0.5) is 0 Å². The highest BCUT2D eigenvalue weighted by molar-refractivity contribution is 7.80. The van der Waals surface area contributed by atoms with E-state index in [-0.39, 0.29) is 11.9 Å². The molecule has 13 heavy (non-hydrogen) atoms. The van der Waals surface area contributed by atoms with Crippen molar-refractivity contribution in [3.8, 4) is 0 Å². The van der Waals surface area contributed by atoms with Crippen LogP contribution in [0.5, 0.6) is 0 Å². The highest BCUT2D eigenvalue weighted by atomic mass is 32.1. The van der Waals surface area contributed by atoms with Gasteiger partial charge in [0.1, 0.15) is 6.04 Å². The third kappa shape index (κ3) is 2.18. The minimum Gasteiger partial charge on any atom is -0.354 e. The summed E-state index contributed by atoms with van der Waals surface area (Å²) in [6.07, 6.45) is 2.00. The second kappa shape index (κ2) is 4.05. The van der Waals surface area contributed by atoms with E-state index >= 15 is 0 Å². The molecular weight excluding hydrogens is 184 g/mol. The summed E-state index contributed by atoms with van der Waals surface area (Å²) < 4.78 is 0. The van der Waals surface area contributed by atoms with E-state index in [0.717, 1.165) is 24.4 Å². The Morgan fingerprint density at radius 2 is 2.15 bits per heavy atom. The van der Waals surface area contributed by atoms with Gasteiger partial charge >= 0.3 is 0 Å². The number of likely N-dealkylation sites (tertiary alicyclic amines) is 1. The molecule has 1 aliphatic rings. The second-order valence-corrected chi connectivity index (χ2v) is 4.19. The van der Waals surface area contributed by atoms with Crippen molar-refractivity contribution < 1.29 is 4.79 Å². The first-order valence-corrected chi connectivity index (χ1v) is 4.93. The van der Waals surface area contributed by atoms with E-state index in [4.69, 9.17) is 12.2 Å². The molecule has 74 valence electrons. The molecule has 1 heterocycles. The fraction of sp³-hybridized carbons (Fsp3) is 0.778. The fourth-order valence-electron chi connectivity index (χ4n) is 1.70. The van der Waals surface area contributed by atoms with Crippen molar-refractivity contribution >= 4 is 23.1 Å². The molecule has 0 unspecified atom stereocenters. The summed E-state index contributed by atoms with van der Waals surface area (Å²) in [5.41, 5.74) is 0. The highest BCUT2D eigenvalue weighted by Crippen LogP contribution is 2.19. The summed E-state index contributed by atoms with van der Waals surface area (Å²) in [6.45, 7) is 2.82. The molecule has 0 bridgehead atoms. The van der Waals surface area contributed by atoms with Gasteiger partial charge in [-0.1, -0.05) is 12.2 Å². The Morgan fingerprint density at radius 1 is 1.54 bits per heavy atom. The number of rotatable bonds is 1. The summed E-state index contributed by atoms with van der Waals surface area (Å²) in [6, 6.07) is -0.00694. The first-order chi connectivity index (χ1) is 6.04. The monoisotopic (exact) mass is 200 g/mol. The maximum atomic E-state index is 11.7. The molecule has 0 saturated carbocycles. The predicted octanol–water partition coefficient (Wildman–Crippen LogP) is 0.886. The van der Waals surface area contributed by atoms with E-state index in [0.29, 0.717) is 0 Å². The van der Waals surface area contributed by atoms with E-state index in [2.05, 4.69) is 0 Å². The number of thiocarbonyl (C=S) groups is 1. The average Bonchev–Trinajstić information content (AvgIpc) is 2.50. The van der Waals surface area contributed by atoms with Crippen LogP contribution < -0.4 is 0 Å². The molecule has 1 saturated heterocycles. The molecule has 1 aliphatic heterocycles. The zero-order valence-corrected chi connectivity index (χ0v) is 9.23. The van der Waals surface area contributed by atoms with E-state index < -0.39 is 0 Å². The van der Waals surface area contributed by atoms with Crippen molar-refractivity contribution in [2.75, 3.05) is 20.6 Å². The lowest BCUT2D eigenvalue weighted by Gasteiger charge is -2.26. The highest BCUT2D eigenvalue weighted by Gasteiger charge is 2.31. The number of carbonyl (C=O) groups is 1. The number of carbonyl (C=O) groups excluding carboxylic acids is 1. The molecule has 0 aromatic rings. The summed E-state index contributed by atoms with van der Waals surface area (Å²) in [4.78, 5) is 16.2. The Hall–Kier alpha value is -0.640. The van der Waals surface area contributed by atoms with E-state index in [1.807, 2.05) is 11.8 Å². The second-order valence-electron chi connectivity index (χ2n) is 3.60. The molecule has 1 fully saturated rings. The van der Waals surface area contributed by atoms with Gasteiger partial charge in [-0.05, 0) is 19.8 Å². The largest absolute Gasteiger partial charge is 0.354 e. The van der Waals surface area contributed by atoms with Gasteiger partial charge < -0.3 is 9.80 Å².